The van der Waals surface area contributed by atoms with Gasteiger partial charge in [-0.2, -0.15) is 0 Å². The molecule has 3 unspecified atom stereocenters. The quantitative estimate of drug-likeness (QED) is 0.563. The molecule has 1 N–H and O–H groups in total. The van der Waals surface area contributed by atoms with Crippen molar-refractivity contribution in [3.63, 3.8) is 0 Å². The van der Waals surface area contributed by atoms with E-state index >= 15 is 0 Å². The molecule has 166 valence electrons. The number of nitrogens with zero attached hydrogens (tertiary/aromatic N) is 2. The molecule has 0 aliphatic heterocycles. The van der Waals surface area contributed by atoms with Crippen LogP contribution in [0.4, 0.5) is 5.69 Å². The van der Waals surface area contributed by atoms with Crippen molar-refractivity contribution in [3.05, 3.63) is 36.9 Å². The Labute approximate surface area is 181 Å². The van der Waals surface area contributed by atoms with Crippen molar-refractivity contribution >= 4 is 17.5 Å². The number of hydrazine groups is 1. The van der Waals surface area contributed by atoms with Crippen LogP contribution in [-0.4, -0.2) is 43.1 Å². The summed E-state index contributed by atoms with van der Waals surface area (Å²) < 4.78 is 5.25. The molecular weight excluding hydrogens is 378 g/mol. The first kappa shape index (κ1) is 23.8. The van der Waals surface area contributed by atoms with E-state index in [4.69, 9.17) is 4.74 Å². The van der Waals surface area contributed by atoms with Gasteiger partial charge in [-0.1, -0.05) is 6.08 Å². The summed E-state index contributed by atoms with van der Waals surface area (Å²) in [6.07, 6.45) is 4.70. The van der Waals surface area contributed by atoms with Gasteiger partial charge in [-0.15, -0.1) is 6.58 Å². The van der Waals surface area contributed by atoms with E-state index in [9.17, 15) is 9.59 Å². The van der Waals surface area contributed by atoms with Crippen molar-refractivity contribution in [1.82, 2.24) is 10.4 Å². The second kappa shape index (κ2) is 10.0. The van der Waals surface area contributed by atoms with Crippen molar-refractivity contribution in [2.24, 2.45) is 17.8 Å². The lowest BCUT2D eigenvalue weighted by Crippen LogP contribution is -2.58. The fraction of sp³-hybridized carbons (Fsp3) is 0.583. The fourth-order valence-electron chi connectivity index (χ4n) is 4.17. The molecule has 0 bridgehead atoms. The molecule has 6 nitrogen and oxygen atoms in total. The summed E-state index contributed by atoms with van der Waals surface area (Å²) in [5, 5.41) is 1.52. The maximum absolute atomic E-state index is 13.6. The molecule has 0 radical (unpaired) electrons. The number of anilines is 1. The first-order valence-corrected chi connectivity index (χ1v) is 10.7. The molecule has 1 aromatic carbocycles. The highest BCUT2D eigenvalue weighted by molar-refractivity contribution is 5.83. The number of ether oxygens (including phenoxy) is 1. The Bertz CT molecular complexity index is 739. The summed E-state index contributed by atoms with van der Waals surface area (Å²) in [7, 11) is 3.71. The molecule has 1 aliphatic carbocycles. The highest BCUT2D eigenvalue weighted by Gasteiger charge is 2.40. The van der Waals surface area contributed by atoms with Crippen molar-refractivity contribution < 1.29 is 14.3 Å². The highest BCUT2D eigenvalue weighted by atomic mass is 16.5. The predicted octanol–water partition coefficient (Wildman–Crippen LogP) is 4.03. The van der Waals surface area contributed by atoms with Crippen molar-refractivity contribution in [2.45, 2.75) is 52.5 Å². The van der Waals surface area contributed by atoms with Crippen molar-refractivity contribution in [1.29, 1.82) is 0 Å². The minimum atomic E-state index is -0.504. The average molecular weight is 416 g/mol. The zero-order valence-corrected chi connectivity index (χ0v) is 19.3. The SMILES string of the molecule is C=CC1CCC(CN(C)c2ccc(OC)cc2)C(C(=O)N(NC(C)=O)C(C)(C)C)C1. The van der Waals surface area contributed by atoms with Gasteiger partial charge in [-0.3, -0.25) is 15.0 Å². The highest BCUT2D eigenvalue weighted by Crippen LogP contribution is 2.37. The van der Waals surface area contributed by atoms with Gasteiger partial charge in [-0.05, 0) is 76.1 Å². The second-order valence-corrected chi connectivity index (χ2v) is 9.27. The number of rotatable bonds is 6. The molecule has 1 saturated carbocycles. The topological polar surface area (TPSA) is 61.9 Å². The Morgan fingerprint density at radius 2 is 1.87 bits per heavy atom. The standard InChI is InChI=1S/C24H37N3O3/c1-8-18-9-10-19(16-26(6)20-11-13-21(30-7)14-12-20)22(15-18)23(29)27(24(3,4)5)25-17(2)28/h8,11-14,18-19,22H,1,9-10,15-16H2,2-7H3,(H,25,28). The molecule has 1 fully saturated rings. The molecule has 1 aromatic rings. The summed E-state index contributed by atoms with van der Waals surface area (Å²) in [6, 6.07) is 7.95. The minimum absolute atomic E-state index is 0.0163. The van der Waals surface area contributed by atoms with Crippen LogP contribution in [0, 0.1) is 17.8 Å². The third-order valence-corrected chi connectivity index (χ3v) is 5.87. The zero-order valence-electron chi connectivity index (χ0n) is 19.3. The van der Waals surface area contributed by atoms with E-state index < -0.39 is 5.54 Å². The number of carbonyl (C=O) groups is 2. The van der Waals surface area contributed by atoms with Gasteiger partial charge in [-0.25, -0.2) is 5.01 Å². The largest absolute Gasteiger partial charge is 0.497 e. The van der Waals surface area contributed by atoms with E-state index in [0.717, 1.165) is 37.2 Å². The summed E-state index contributed by atoms with van der Waals surface area (Å²) in [4.78, 5) is 27.6. The van der Waals surface area contributed by atoms with Crippen LogP contribution < -0.4 is 15.1 Å². The number of carbonyl (C=O) groups excluding carboxylic acids is 2. The van der Waals surface area contributed by atoms with Crippen LogP contribution in [0.3, 0.4) is 0 Å². The van der Waals surface area contributed by atoms with Gasteiger partial charge in [0, 0.05) is 32.1 Å². The molecule has 0 saturated heterocycles. The lowest BCUT2D eigenvalue weighted by atomic mass is 9.73. The molecule has 30 heavy (non-hydrogen) atoms. The van der Waals surface area contributed by atoms with Crippen molar-refractivity contribution in [2.75, 3.05) is 25.6 Å². The van der Waals surface area contributed by atoms with E-state index in [-0.39, 0.29) is 23.7 Å². The summed E-state index contributed by atoms with van der Waals surface area (Å²) in [5.74, 6) is 0.912. The van der Waals surface area contributed by atoms with Gasteiger partial charge < -0.3 is 9.64 Å². The van der Waals surface area contributed by atoms with Gasteiger partial charge in [0.15, 0.2) is 0 Å². The second-order valence-electron chi connectivity index (χ2n) is 9.27. The number of benzene rings is 1. The number of allylic oxidation sites excluding steroid dienone is 1. The number of hydrogen-bond donors (Lipinski definition) is 1. The van der Waals surface area contributed by atoms with E-state index in [1.165, 1.54) is 11.9 Å². The lowest BCUT2D eigenvalue weighted by molar-refractivity contribution is -0.153. The Morgan fingerprint density at radius 3 is 2.37 bits per heavy atom. The van der Waals surface area contributed by atoms with Crippen LogP contribution in [-0.2, 0) is 9.59 Å². The van der Waals surface area contributed by atoms with Gasteiger partial charge >= 0.3 is 0 Å². The number of amides is 2. The molecule has 2 amide bonds. The third-order valence-electron chi connectivity index (χ3n) is 5.87. The Hall–Kier alpha value is -2.50. The van der Waals surface area contributed by atoms with Crippen LogP contribution in [0.1, 0.15) is 47.0 Å². The monoisotopic (exact) mass is 415 g/mol. The molecule has 2 rings (SSSR count). The smallest absolute Gasteiger partial charge is 0.244 e. The number of hydrogen-bond acceptors (Lipinski definition) is 4. The first-order valence-electron chi connectivity index (χ1n) is 10.7. The van der Waals surface area contributed by atoms with E-state index in [2.05, 4.69) is 24.0 Å². The predicted molar refractivity (Wildman–Crippen MR) is 121 cm³/mol. The number of nitrogens with one attached hydrogen (secondary N) is 1. The molecule has 1 aliphatic rings. The van der Waals surface area contributed by atoms with E-state index in [1.54, 1.807) is 7.11 Å². The molecule has 0 spiro atoms. The van der Waals surface area contributed by atoms with Crippen molar-refractivity contribution in [3.8, 4) is 5.75 Å². The lowest BCUT2D eigenvalue weighted by Gasteiger charge is -2.42. The number of methoxy groups -OCH3 is 1. The third kappa shape index (κ3) is 6.00. The molecule has 6 heteroatoms. The molecular formula is C24H37N3O3. The molecule has 0 aromatic heterocycles. The van der Waals surface area contributed by atoms with Crippen LogP contribution in [0.25, 0.3) is 0 Å². The van der Waals surface area contributed by atoms with Crippen LogP contribution in [0.2, 0.25) is 0 Å². The maximum Gasteiger partial charge on any atom is 0.244 e. The Kier molecular flexibility index (Phi) is 7.93. The maximum atomic E-state index is 13.6. The van der Waals surface area contributed by atoms with Crippen LogP contribution >= 0.6 is 0 Å². The van der Waals surface area contributed by atoms with E-state index in [0.29, 0.717) is 5.92 Å². The zero-order chi connectivity index (χ0) is 22.5. The van der Waals surface area contributed by atoms with Crippen LogP contribution in [0.5, 0.6) is 5.75 Å². The van der Waals surface area contributed by atoms with Gasteiger partial charge in [0.25, 0.3) is 0 Å². The fourth-order valence-corrected chi connectivity index (χ4v) is 4.17. The average Bonchev–Trinajstić information content (AvgIpc) is 2.71. The Balaban J connectivity index is 2.23. The van der Waals surface area contributed by atoms with Gasteiger partial charge in [0.2, 0.25) is 11.8 Å². The normalized spacial score (nSPS) is 21.5. The minimum Gasteiger partial charge on any atom is -0.497 e. The molecule has 0 heterocycles. The summed E-state index contributed by atoms with van der Waals surface area (Å²) >= 11 is 0. The van der Waals surface area contributed by atoms with Gasteiger partial charge in [0.05, 0.1) is 12.6 Å². The summed E-state index contributed by atoms with van der Waals surface area (Å²) in [5.41, 5.74) is 3.34. The van der Waals surface area contributed by atoms with Gasteiger partial charge in [0.1, 0.15) is 5.75 Å². The Morgan fingerprint density at radius 1 is 1.23 bits per heavy atom. The summed E-state index contributed by atoms with van der Waals surface area (Å²) in [6.45, 7) is 12.0. The first-order chi connectivity index (χ1) is 14.1. The van der Waals surface area contributed by atoms with Crippen LogP contribution in [0.15, 0.2) is 36.9 Å². The molecule has 3 atom stereocenters. The van der Waals surface area contributed by atoms with E-state index in [1.807, 2.05) is 51.1 Å².